The summed E-state index contributed by atoms with van der Waals surface area (Å²) in [6, 6.07) is -0.511. The summed E-state index contributed by atoms with van der Waals surface area (Å²) < 4.78 is 36.0. The maximum absolute atomic E-state index is 12.0. The van der Waals surface area contributed by atoms with Gasteiger partial charge in [-0.25, -0.2) is 0 Å². The van der Waals surface area contributed by atoms with E-state index in [1.54, 1.807) is 11.8 Å². The Balaban J connectivity index is 2.49. The fraction of sp³-hybridized carbons (Fsp3) is 0.786. The van der Waals surface area contributed by atoms with Crippen LogP contribution in [-0.4, -0.2) is 65.6 Å². The number of halogens is 3. The third-order valence-corrected chi connectivity index (χ3v) is 3.77. The molecule has 1 saturated heterocycles. The number of rotatable bonds is 7. The van der Waals surface area contributed by atoms with Crippen molar-refractivity contribution in [2.75, 3.05) is 26.2 Å². The molecule has 1 aliphatic rings. The van der Waals surface area contributed by atoms with Crippen LogP contribution in [-0.2, 0) is 4.79 Å². The fourth-order valence-electron chi connectivity index (χ4n) is 2.57. The summed E-state index contributed by atoms with van der Waals surface area (Å²) in [5, 5.41) is 22.2. The van der Waals surface area contributed by atoms with E-state index in [0.717, 1.165) is 6.08 Å². The number of hydrogen-bond acceptors (Lipinski definition) is 4. The molecule has 0 aromatic heterocycles. The summed E-state index contributed by atoms with van der Waals surface area (Å²) in [5.74, 6) is -0.362. The van der Waals surface area contributed by atoms with Crippen molar-refractivity contribution in [3.8, 4) is 0 Å². The Kier molecular flexibility index (Phi) is 7.31. The van der Waals surface area contributed by atoms with Gasteiger partial charge in [-0.15, -0.1) is 0 Å². The maximum Gasteiger partial charge on any atom is 0.409 e. The van der Waals surface area contributed by atoms with Gasteiger partial charge < -0.3 is 15.5 Å². The standard InChI is InChI=1S/C14H23F3N2O3/c1-2-12(21)18-7-10-8-19(11(9-20)13(10)22)6-4-3-5-14(15,16)17/h3,5,10-11,13,20,22H,2,4,6-9H2,1H3,(H,18,21). The lowest BCUT2D eigenvalue weighted by Gasteiger charge is -2.23. The second kappa shape index (κ2) is 8.50. The van der Waals surface area contributed by atoms with E-state index in [2.05, 4.69) is 5.32 Å². The number of carbonyl (C=O) groups is 1. The highest BCUT2D eigenvalue weighted by atomic mass is 19.4. The van der Waals surface area contributed by atoms with Crippen molar-refractivity contribution in [1.82, 2.24) is 10.2 Å². The van der Waals surface area contributed by atoms with Gasteiger partial charge in [0.05, 0.1) is 18.8 Å². The number of aliphatic hydroxyl groups excluding tert-OH is 2. The van der Waals surface area contributed by atoms with E-state index >= 15 is 0 Å². The lowest BCUT2D eigenvalue weighted by Crippen LogP contribution is -2.40. The van der Waals surface area contributed by atoms with Gasteiger partial charge in [0, 0.05) is 38.0 Å². The van der Waals surface area contributed by atoms with E-state index in [9.17, 15) is 28.2 Å². The van der Waals surface area contributed by atoms with Crippen molar-refractivity contribution < 1.29 is 28.2 Å². The van der Waals surface area contributed by atoms with Crippen molar-refractivity contribution in [2.45, 2.75) is 38.1 Å². The van der Waals surface area contributed by atoms with Crippen LogP contribution in [0, 0.1) is 5.92 Å². The molecule has 128 valence electrons. The summed E-state index contributed by atoms with van der Waals surface area (Å²) in [4.78, 5) is 13.0. The number of nitrogens with zero attached hydrogens (tertiary/aromatic N) is 1. The average molecular weight is 324 g/mol. The number of allylic oxidation sites excluding steroid dienone is 1. The smallest absolute Gasteiger partial charge is 0.395 e. The molecule has 0 saturated carbocycles. The average Bonchev–Trinajstić information content (AvgIpc) is 2.75. The van der Waals surface area contributed by atoms with Crippen molar-refractivity contribution in [2.24, 2.45) is 5.92 Å². The van der Waals surface area contributed by atoms with Gasteiger partial charge in [0.1, 0.15) is 0 Å². The Hall–Kier alpha value is -1.12. The van der Waals surface area contributed by atoms with Gasteiger partial charge in [0.2, 0.25) is 5.91 Å². The Morgan fingerprint density at radius 3 is 2.68 bits per heavy atom. The van der Waals surface area contributed by atoms with E-state index < -0.39 is 18.3 Å². The molecule has 0 spiro atoms. The molecule has 0 aromatic rings. The molecule has 1 fully saturated rings. The van der Waals surface area contributed by atoms with Crippen molar-refractivity contribution in [1.29, 1.82) is 0 Å². The number of aliphatic hydroxyl groups is 2. The Bertz CT molecular complexity index is 388. The molecule has 5 nitrogen and oxygen atoms in total. The van der Waals surface area contributed by atoms with Crippen LogP contribution in [0.25, 0.3) is 0 Å². The van der Waals surface area contributed by atoms with Crippen molar-refractivity contribution in [3.05, 3.63) is 12.2 Å². The number of carbonyl (C=O) groups excluding carboxylic acids is 1. The molecule has 1 aliphatic heterocycles. The van der Waals surface area contributed by atoms with Crippen LogP contribution in [0.4, 0.5) is 13.2 Å². The van der Waals surface area contributed by atoms with Gasteiger partial charge in [-0.05, 0) is 6.42 Å². The van der Waals surface area contributed by atoms with Crippen LogP contribution < -0.4 is 5.32 Å². The highest BCUT2D eigenvalue weighted by molar-refractivity contribution is 5.75. The molecule has 0 radical (unpaired) electrons. The van der Waals surface area contributed by atoms with E-state index in [0.29, 0.717) is 26.1 Å². The topological polar surface area (TPSA) is 72.8 Å². The molecule has 3 unspecified atom stereocenters. The van der Waals surface area contributed by atoms with Gasteiger partial charge in [0.25, 0.3) is 0 Å². The number of amides is 1. The normalized spacial score (nSPS) is 26.7. The molecule has 0 bridgehead atoms. The van der Waals surface area contributed by atoms with Crippen LogP contribution in [0.15, 0.2) is 12.2 Å². The van der Waals surface area contributed by atoms with Crippen molar-refractivity contribution in [3.63, 3.8) is 0 Å². The summed E-state index contributed by atoms with van der Waals surface area (Å²) in [6.07, 6.45) is -3.39. The van der Waals surface area contributed by atoms with Gasteiger partial charge in [0.15, 0.2) is 0 Å². The summed E-state index contributed by atoms with van der Waals surface area (Å²) in [5.41, 5.74) is 0. The van der Waals surface area contributed by atoms with Crippen LogP contribution >= 0.6 is 0 Å². The summed E-state index contributed by atoms with van der Waals surface area (Å²) in [7, 11) is 0. The highest BCUT2D eigenvalue weighted by Crippen LogP contribution is 2.24. The second-order valence-corrected chi connectivity index (χ2v) is 5.39. The molecule has 3 N–H and O–H groups in total. The molecule has 1 rings (SSSR count). The monoisotopic (exact) mass is 324 g/mol. The van der Waals surface area contributed by atoms with Gasteiger partial charge >= 0.3 is 6.18 Å². The first kappa shape index (κ1) is 18.9. The number of likely N-dealkylation sites (tertiary alicyclic amines) is 1. The van der Waals surface area contributed by atoms with Gasteiger partial charge in [-0.3, -0.25) is 9.69 Å². The molecule has 1 amide bonds. The predicted octanol–water partition coefficient (Wildman–Crippen LogP) is 0.675. The van der Waals surface area contributed by atoms with Crippen LogP contribution in [0.5, 0.6) is 0 Å². The zero-order valence-corrected chi connectivity index (χ0v) is 12.5. The van der Waals surface area contributed by atoms with E-state index in [-0.39, 0.29) is 30.9 Å². The third-order valence-electron chi connectivity index (χ3n) is 3.77. The fourth-order valence-corrected chi connectivity index (χ4v) is 2.57. The lowest BCUT2D eigenvalue weighted by molar-refractivity contribution is -0.121. The summed E-state index contributed by atoms with van der Waals surface area (Å²) >= 11 is 0. The minimum atomic E-state index is -4.33. The zero-order chi connectivity index (χ0) is 16.8. The van der Waals surface area contributed by atoms with E-state index in [4.69, 9.17) is 0 Å². The quantitative estimate of drug-likeness (QED) is 0.602. The highest BCUT2D eigenvalue weighted by Gasteiger charge is 2.39. The van der Waals surface area contributed by atoms with Crippen molar-refractivity contribution >= 4 is 5.91 Å². The first-order valence-corrected chi connectivity index (χ1v) is 7.32. The molecule has 22 heavy (non-hydrogen) atoms. The van der Waals surface area contributed by atoms with Crippen LogP contribution in [0.2, 0.25) is 0 Å². The molecule has 3 atom stereocenters. The van der Waals surface area contributed by atoms with Crippen LogP contribution in [0.3, 0.4) is 0 Å². The summed E-state index contributed by atoms with van der Waals surface area (Å²) in [6.45, 7) is 2.47. The minimum absolute atomic E-state index is 0.126. The first-order chi connectivity index (χ1) is 10.3. The third kappa shape index (κ3) is 5.94. The molecule has 1 heterocycles. The lowest BCUT2D eigenvalue weighted by atomic mass is 10.0. The Labute approximate surface area is 127 Å². The minimum Gasteiger partial charge on any atom is -0.395 e. The Morgan fingerprint density at radius 1 is 1.45 bits per heavy atom. The molecule has 8 heteroatoms. The number of alkyl halides is 3. The van der Waals surface area contributed by atoms with Gasteiger partial charge in [-0.1, -0.05) is 13.0 Å². The largest absolute Gasteiger partial charge is 0.409 e. The van der Waals surface area contributed by atoms with E-state index in [1.807, 2.05) is 0 Å². The second-order valence-electron chi connectivity index (χ2n) is 5.39. The van der Waals surface area contributed by atoms with E-state index in [1.165, 1.54) is 0 Å². The SMILES string of the molecule is CCC(=O)NCC1CN(CCC=CC(F)(F)F)C(CO)C1O. The maximum atomic E-state index is 12.0. The predicted molar refractivity (Wildman–Crippen MR) is 75.1 cm³/mol. The first-order valence-electron chi connectivity index (χ1n) is 7.32. The molecular formula is C14H23F3N2O3. The molecule has 0 aliphatic carbocycles. The zero-order valence-electron chi connectivity index (χ0n) is 12.5. The number of nitrogens with one attached hydrogen (secondary N) is 1. The Morgan fingerprint density at radius 2 is 2.14 bits per heavy atom. The van der Waals surface area contributed by atoms with Gasteiger partial charge in [-0.2, -0.15) is 13.2 Å². The molecular weight excluding hydrogens is 301 g/mol. The molecule has 0 aromatic carbocycles. The van der Waals surface area contributed by atoms with Crippen LogP contribution in [0.1, 0.15) is 19.8 Å². The number of hydrogen-bond donors (Lipinski definition) is 3.